The first-order valence-electron chi connectivity index (χ1n) is 15.5. The number of rotatable bonds is 25. The van der Waals surface area contributed by atoms with Gasteiger partial charge in [0.25, 0.3) is 0 Å². The van der Waals surface area contributed by atoms with Crippen molar-refractivity contribution in [2.24, 2.45) is 0 Å². The van der Waals surface area contributed by atoms with Crippen LogP contribution in [0.2, 0.25) is 0 Å². The molecule has 0 N–H and O–H groups in total. The van der Waals surface area contributed by atoms with E-state index in [0.29, 0.717) is 6.17 Å². The summed E-state index contributed by atoms with van der Waals surface area (Å²) in [6, 6.07) is 0. The summed E-state index contributed by atoms with van der Waals surface area (Å²) in [5, 5.41) is 0. The molecule has 1 heterocycles. The van der Waals surface area contributed by atoms with Crippen LogP contribution in [0.5, 0.6) is 0 Å². The van der Waals surface area contributed by atoms with Gasteiger partial charge in [0, 0.05) is 25.5 Å². The molecule has 0 saturated heterocycles. The monoisotopic (exact) mass is 462 g/mol. The highest BCUT2D eigenvalue weighted by molar-refractivity contribution is 4.96. The molecule has 0 fully saturated rings. The van der Waals surface area contributed by atoms with E-state index in [1.807, 2.05) is 0 Å². The minimum absolute atomic E-state index is 0.643. The van der Waals surface area contributed by atoms with Crippen LogP contribution in [0.25, 0.3) is 0 Å². The Morgan fingerprint density at radius 3 is 1.15 bits per heavy atom. The van der Waals surface area contributed by atoms with Crippen molar-refractivity contribution in [2.45, 2.75) is 175 Å². The Morgan fingerprint density at radius 2 is 0.727 bits per heavy atom. The van der Waals surface area contributed by atoms with E-state index in [1.165, 1.54) is 161 Å². The molecule has 2 nitrogen and oxygen atoms in total. The van der Waals surface area contributed by atoms with Crippen molar-refractivity contribution in [3.63, 3.8) is 0 Å². The maximum atomic E-state index is 2.66. The molecule has 0 radical (unpaired) electrons. The van der Waals surface area contributed by atoms with Gasteiger partial charge < -0.3 is 9.80 Å². The molecule has 33 heavy (non-hydrogen) atoms. The van der Waals surface area contributed by atoms with Gasteiger partial charge in [-0.2, -0.15) is 0 Å². The zero-order chi connectivity index (χ0) is 23.8. The molecule has 0 saturated carbocycles. The average Bonchev–Trinajstić information content (AvgIpc) is 3.21. The standard InChI is InChI=1S/C31H62N2/c1-4-7-10-12-13-14-15-16-17-18-19-20-21-23-25-28-33-30-29-32(27-9-6-3)31(33)26-24-22-11-8-5-2/h29-31H,4-28H2,1-3H3. The molecule has 0 aromatic rings. The van der Waals surface area contributed by atoms with Crippen LogP contribution >= 0.6 is 0 Å². The molecule has 196 valence electrons. The summed E-state index contributed by atoms with van der Waals surface area (Å²) in [5.41, 5.74) is 0. The third-order valence-corrected chi connectivity index (χ3v) is 7.57. The highest BCUT2D eigenvalue weighted by atomic mass is 15.4. The quantitative estimate of drug-likeness (QED) is 0.124. The summed E-state index contributed by atoms with van der Waals surface area (Å²) in [6.45, 7) is 9.43. The van der Waals surface area contributed by atoms with Gasteiger partial charge >= 0.3 is 0 Å². The summed E-state index contributed by atoms with van der Waals surface area (Å²) >= 11 is 0. The van der Waals surface area contributed by atoms with Crippen LogP contribution in [-0.2, 0) is 0 Å². The first-order valence-corrected chi connectivity index (χ1v) is 15.5. The molecule has 1 aliphatic rings. The van der Waals surface area contributed by atoms with Crippen molar-refractivity contribution < 1.29 is 0 Å². The van der Waals surface area contributed by atoms with Gasteiger partial charge in [-0.25, -0.2) is 0 Å². The van der Waals surface area contributed by atoms with Gasteiger partial charge in [0.2, 0.25) is 0 Å². The van der Waals surface area contributed by atoms with Gasteiger partial charge in [-0.05, 0) is 25.7 Å². The Balaban J connectivity index is 2.02. The van der Waals surface area contributed by atoms with Gasteiger partial charge in [-0.3, -0.25) is 0 Å². The van der Waals surface area contributed by atoms with Gasteiger partial charge in [-0.15, -0.1) is 0 Å². The molecule has 0 aromatic heterocycles. The normalized spacial score (nSPS) is 15.8. The van der Waals surface area contributed by atoms with Crippen molar-refractivity contribution in [1.29, 1.82) is 0 Å². The van der Waals surface area contributed by atoms with E-state index >= 15 is 0 Å². The van der Waals surface area contributed by atoms with Crippen LogP contribution in [0, 0.1) is 0 Å². The molecule has 1 aliphatic heterocycles. The summed E-state index contributed by atoms with van der Waals surface area (Å²) in [6.07, 6.45) is 38.1. The zero-order valence-electron chi connectivity index (χ0n) is 23.3. The third kappa shape index (κ3) is 16.6. The smallest absolute Gasteiger partial charge is 0.101 e. The summed E-state index contributed by atoms with van der Waals surface area (Å²) in [7, 11) is 0. The second-order valence-corrected chi connectivity index (χ2v) is 10.8. The molecule has 1 unspecified atom stereocenters. The Bertz CT molecular complexity index is 419. The largest absolute Gasteiger partial charge is 0.356 e. The molecule has 0 aliphatic carbocycles. The van der Waals surface area contributed by atoms with Gasteiger partial charge in [0.1, 0.15) is 6.17 Å². The van der Waals surface area contributed by atoms with Gasteiger partial charge in [0.15, 0.2) is 0 Å². The van der Waals surface area contributed by atoms with Crippen LogP contribution in [0.15, 0.2) is 12.4 Å². The van der Waals surface area contributed by atoms with E-state index in [2.05, 4.69) is 43.0 Å². The lowest BCUT2D eigenvalue weighted by molar-refractivity contribution is 0.136. The van der Waals surface area contributed by atoms with Crippen molar-refractivity contribution in [3.05, 3.63) is 12.4 Å². The van der Waals surface area contributed by atoms with E-state index < -0.39 is 0 Å². The predicted octanol–water partition coefficient (Wildman–Crippen LogP) is 10.4. The highest BCUT2D eigenvalue weighted by Gasteiger charge is 2.24. The van der Waals surface area contributed by atoms with E-state index in [-0.39, 0.29) is 0 Å². The molecule has 1 rings (SSSR count). The molecular weight excluding hydrogens is 400 g/mol. The van der Waals surface area contributed by atoms with Gasteiger partial charge in [-0.1, -0.05) is 143 Å². The molecule has 0 amide bonds. The second-order valence-electron chi connectivity index (χ2n) is 10.8. The van der Waals surface area contributed by atoms with E-state index in [9.17, 15) is 0 Å². The lowest BCUT2D eigenvalue weighted by Crippen LogP contribution is -2.39. The van der Waals surface area contributed by atoms with Crippen molar-refractivity contribution in [2.75, 3.05) is 13.1 Å². The molecule has 0 spiro atoms. The summed E-state index contributed by atoms with van der Waals surface area (Å²) in [5.74, 6) is 0. The summed E-state index contributed by atoms with van der Waals surface area (Å²) in [4.78, 5) is 5.30. The van der Waals surface area contributed by atoms with Gasteiger partial charge in [0.05, 0.1) is 0 Å². The van der Waals surface area contributed by atoms with Crippen molar-refractivity contribution in [3.8, 4) is 0 Å². The first kappa shape index (κ1) is 30.4. The fourth-order valence-corrected chi connectivity index (χ4v) is 5.28. The van der Waals surface area contributed by atoms with Crippen LogP contribution in [0.1, 0.15) is 168 Å². The fraction of sp³-hybridized carbons (Fsp3) is 0.935. The SMILES string of the molecule is CCCCCCCCCCCCCCCCCN1C=CN(CCCC)C1CCCCCCC. The maximum absolute atomic E-state index is 2.66. The minimum Gasteiger partial charge on any atom is -0.356 e. The summed E-state index contributed by atoms with van der Waals surface area (Å²) < 4.78 is 0. The Hall–Kier alpha value is -0.660. The number of unbranched alkanes of at least 4 members (excludes halogenated alkanes) is 19. The average molecular weight is 463 g/mol. The van der Waals surface area contributed by atoms with Crippen LogP contribution in [0.4, 0.5) is 0 Å². The van der Waals surface area contributed by atoms with Crippen LogP contribution in [0.3, 0.4) is 0 Å². The zero-order valence-corrected chi connectivity index (χ0v) is 23.3. The fourth-order valence-electron chi connectivity index (χ4n) is 5.28. The molecule has 0 aromatic carbocycles. The second kappa shape index (κ2) is 23.1. The first-order chi connectivity index (χ1) is 16.3. The van der Waals surface area contributed by atoms with E-state index in [1.54, 1.807) is 0 Å². The number of hydrogen-bond acceptors (Lipinski definition) is 2. The van der Waals surface area contributed by atoms with Crippen molar-refractivity contribution in [1.82, 2.24) is 9.80 Å². The molecular formula is C31H62N2. The molecule has 1 atom stereocenters. The predicted molar refractivity (Wildman–Crippen MR) is 150 cm³/mol. The maximum Gasteiger partial charge on any atom is 0.101 e. The Kier molecular flexibility index (Phi) is 21.3. The third-order valence-electron chi connectivity index (χ3n) is 7.57. The van der Waals surface area contributed by atoms with Crippen LogP contribution < -0.4 is 0 Å². The number of hydrogen-bond donors (Lipinski definition) is 0. The highest BCUT2D eigenvalue weighted by Crippen LogP contribution is 2.23. The topological polar surface area (TPSA) is 6.48 Å². The lowest BCUT2D eigenvalue weighted by atomic mass is 10.0. The molecule has 0 bridgehead atoms. The Morgan fingerprint density at radius 1 is 0.394 bits per heavy atom. The van der Waals surface area contributed by atoms with Crippen LogP contribution in [-0.4, -0.2) is 29.1 Å². The minimum atomic E-state index is 0.643. The lowest BCUT2D eigenvalue weighted by Gasteiger charge is -2.33. The van der Waals surface area contributed by atoms with E-state index in [4.69, 9.17) is 0 Å². The Labute approximate surface area is 210 Å². The van der Waals surface area contributed by atoms with E-state index in [0.717, 1.165) is 0 Å². The number of nitrogens with zero attached hydrogens (tertiary/aromatic N) is 2. The van der Waals surface area contributed by atoms with Crippen molar-refractivity contribution >= 4 is 0 Å². The molecule has 2 heteroatoms.